The third-order valence-corrected chi connectivity index (χ3v) is 4.17. The van der Waals surface area contributed by atoms with Crippen LogP contribution in [-0.2, 0) is 20.7 Å². The molecule has 3 aromatic rings. The second kappa shape index (κ2) is 8.92. The first kappa shape index (κ1) is 19.9. The predicted molar refractivity (Wildman–Crippen MR) is 107 cm³/mol. The largest absolute Gasteiger partial charge is 0.456 e. The lowest BCUT2D eigenvalue weighted by molar-refractivity contribution is -0.147. The second-order valence-electron chi connectivity index (χ2n) is 6.34. The SMILES string of the molecule is CC(=O)c1ccccc1NC(=O)COC(=O)CCc1nc2ccccc2c(=O)[nH]1. The molecular formula is C21H19N3O5. The average molecular weight is 393 g/mol. The van der Waals surface area contributed by atoms with Crippen LogP contribution in [-0.4, -0.2) is 34.2 Å². The van der Waals surface area contributed by atoms with Crippen LogP contribution in [0.5, 0.6) is 0 Å². The van der Waals surface area contributed by atoms with Crippen molar-refractivity contribution in [3.05, 3.63) is 70.3 Å². The summed E-state index contributed by atoms with van der Waals surface area (Å²) in [5.74, 6) is -0.972. The number of aromatic amines is 1. The van der Waals surface area contributed by atoms with Crippen molar-refractivity contribution >= 4 is 34.3 Å². The molecule has 0 spiro atoms. The number of esters is 1. The average Bonchev–Trinajstić information content (AvgIpc) is 2.71. The maximum absolute atomic E-state index is 12.0. The number of nitrogens with zero attached hydrogens (tertiary/aromatic N) is 1. The van der Waals surface area contributed by atoms with Gasteiger partial charge in [-0.3, -0.25) is 19.2 Å². The van der Waals surface area contributed by atoms with Gasteiger partial charge < -0.3 is 15.0 Å². The molecular weight excluding hydrogens is 374 g/mol. The zero-order chi connectivity index (χ0) is 20.8. The monoisotopic (exact) mass is 393 g/mol. The van der Waals surface area contributed by atoms with Gasteiger partial charge in [0.05, 0.1) is 23.0 Å². The molecule has 8 nitrogen and oxygen atoms in total. The summed E-state index contributed by atoms with van der Waals surface area (Å²) in [6.45, 7) is 0.920. The molecule has 2 N–H and O–H groups in total. The number of hydrogen-bond donors (Lipinski definition) is 2. The molecule has 0 atom stereocenters. The molecule has 2 aromatic carbocycles. The molecule has 1 aromatic heterocycles. The molecule has 0 saturated heterocycles. The van der Waals surface area contributed by atoms with E-state index in [9.17, 15) is 19.2 Å². The first-order valence-electron chi connectivity index (χ1n) is 8.97. The maximum Gasteiger partial charge on any atom is 0.306 e. The van der Waals surface area contributed by atoms with E-state index in [1.807, 2.05) is 0 Å². The fourth-order valence-electron chi connectivity index (χ4n) is 2.78. The van der Waals surface area contributed by atoms with E-state index in [0.29, 0.717) is 28.0 Å². The summed E-state index contributed by atoms with van der Waals surface area (Å²) in [6, 6.07) is 13.5. The quantitative estimate of drug-likeness (QED) is 0.469. The van der Waals surface area contributed by atoms with Crippen LogP contribution in [0.15, 0.2) is 53.3 Å². The van der Waals surface area contributed by atoms with Gasteiger partial charge in [0.1, 0.15) is 5.82 Å². The Balaban J connectivity index is 1.52. The number of aromatic nitrogens is 2. The van der Waals surface area contributed by atoms with Crippen molar-refractivity contribution < 1.29 is 19.1 Å². The number of ether oxygens (including phenoxy) is 1. The summed E-state index contributed by atoms with van der Waals surface area (Å²) in [7, 11) is 0. The highest BCUT2D eigenvalue weighted by Gasteiger charge is 2.12. The Bertz CT molecular complexity index is 1140. The summed E-state index contributed by atoms with van der Waals surface area (Å²) < 4.78 is 4.96. The lowest BCUT2D eigenvalue weighted by Gasteiger charge is -2.09. The number of carbonyl (C=O) groups is 3. The normalized spacial score (nSPS) is 10.5. The van der Waals surface area contributed by atoms with E-state index >= 15 is 0 Å². The molecule has 148 valence electrons. The van der Waals surface area contributed by atoms with Gasteiger partial charge >= 0.3 is 5.97 Å². The van der Waals surface area contributed by atoms with Crippen LogP contribution in [0.4, 0.5) is 5.69 Å². The van der Waals surface area contributed by atoms with E-state index in [4.69, 9.17) is 4.74 Å². The number of fused-ring (bicyclic) bond motifs is 1. The molecule has 3 rings (SSSR count). The number of anilines is 1. The number of aryl methyl sites for hydroxylation is 1. The molecule has 0 aliphatic rings. The molecule has 0 saturated carbocycles. The van der Waals surface area contributed by atoms with Gasteiger partial charge in [0.2, 0.25) is 0 Å². The molecule has 0 unspecified atom stereocenters. The van der Waals surface area contributed by atoms with Gasteiger partial charge in [-0.25, -0.2) is 4.98 Å². The summed E-state index contributed by atoms with van der Waals surface area (Å²) in [4.78, 5) is 54.5. The van der Waals surface area contributed by atoms with Crippen molar-refractivity contribution in [3.63, 3.8) is 0 Å². The lowest BCUT2D eigenvalue weighted by atomic mass is 10.1. The number of Topliss-reactive ketones (excluding diaryl/α,β-unsaturated/α-hetero) is 1. The summed E-state index contributed by atoms with van der Waals surface area (Å²) >= 11 is 0. The third-order valence-electron chi connectivity index (χ3n) is 4.17. The Kier molecular flexibility index (Phi) is 6.13. The van der Waals surface area contributed by atoms with E-state index in [1.54, 1.807) is 48.5 Å². The Labute approximate surface area is 165 Å². The standard InChI is InChI=1S/C21H19N3O5/c1-13(25)14-6-2-4-8-16(14)23-19(26)12-29-20(27)11-10-18-22-17-9-5-3-7-15(17)21(28)24-18/h2-9H,10-12H2,1H3,(H,23,26)(H,22,24,28). The summed E-state index contributed by atoms with van der Waals surface area (Å²) in [5.41, 5.74) is 1.00. The number of amides is 1. The molecule has 0 aliphatic heterocycles. The molecule has 1 heterocycles. The van der Waals surface area contributed by atoms with Gasteiger partial charge in [0, 0.05) is 12.0 Å². The lowest BCUT2D eigenvalue weighted by Crippen LogP contribution is -2.22. The number of carbonyl (C=O) groups excluding carboxylic acids is 3. The van der Waals surface area contributed by atoms with Crippen molar-refractivity contribution in [2.75, 3.05) is 11.9 Å². The van der Waals surface area contributed by atoms with Crippen LogP contribution in [0, 0.1) is 0 Å². The number of rotatable bonds is 7. The van der Waals surface area contributed by atoms with Gasteiger partial charge in [-0.2, -0.15) is 0 Å². The number of benzene rings is 2. The number of hydrogen-bond acceptors (Lipinski definition) is 6. The van der Waals surface area contributed by atoms with Crippen molar-refractivity contribution in [1.82, 2.24) is 9.97 Å². The minimum absolute atomic E-state index is 0.0431. The van der Waals surface area contributed by atoms with E-state index in [0.717, 1.165) is 0 Å². The van der Waals surface area contributed by atoms with Crippen molar-refractivity contribution in [2.24, 2.45) is 0 Å². The highest BCUT2D eigenvalue weighted by atomic mass is 16.5. The predicted octanol–water partition coefficient (Wildman–Crippen LogP) is 2.24. The van der Waals surface area contributed by atoms with Crippen LogP contribution < -0.4 is 10.9 Å². The summed E-state index contributed by atoms with van der Waals surface area (Å²) in [6.07, 6.45) is 0.131. The fraction of sp³-hybridized carbons (Fsp3) is 0.190. The Hall–Kier alpha value is -3.81. The Morgan fingerprint density at radius 3 is 2.59 bits per heavy atom. The first-order valence-corrected chi connectivity index (χ1v) is 8.97. The molecule has 0 bridgehead atoms. The summed E-state index contributed by atoms with van der Waals surface area (Å²) in [5, 5.41) is 3.03. The highest BCUT2D eigenvalue weighted by Crippen LogP contribution is 2.15. The van der Waals surface area contributed by atoms with Gasteiger partial charge in [-0.1, -0.05) is 24.3 Å². The van der Waals surface area contributed by atoms with E-state index in [2.05, 4.69) is 15.3 Å². The zero-order valence-corrected chi connectivity index (χ0v) is 15.7. The first-order chi connectivity index (χ1) is 13.9. The van der Waals surface area contributed by atoms with Crippen molar-refractivity contribution in [1.29, 1.82) is 0 Å². The topological polar surface area (TPSA) is 118 Å². The Morgan fingerprint density at radius 2 is 1.79 bits per heavy atom. The molecule has 0 radical (unpaired) electrons. The number of para-hydroxylation sites is 2. The van der Waals surface area contributed by atoms with E-state index in [-0.39, 0.29) is 24.2 Å². The number of ketones is 1. The van der Waals surface area contributed by atoms with E-state index in [1.165, 1.54) is 6.92 Å². The van der Waals surface area contributed by atoms with Crippen LogP contribution in [0.25, 0.3) is 10.9 Å². The number of H-pyrrole nitrogens is 1. The molecule has 0 aliphatic carbocycles. The minimum atomic E-state index is -0.601. The molecule has 8 heteroatoms. The minimum Gasteiger partial charge on any atom is -0.456 e. The van der Waals surface area contributed by atoms with Crippen molar-refractivity contribution in [2.45, 2.75) is 19.8 Å². The van der Waals surface area contributed by atoms with Gasteiger partial charge in [-0.15, -0.1) is 0 Å². The third kappa shape index (κ3) is 5.13. The van der Waals surface area contributed by atoms with Crippen LogP contribution in [0.1, 0.15) is 29.5 Å². The molecule has 29 heavy (non-hydrogen) atoms. The van der Waals surface area contributed by atoms with Gasteiger partial charge in [0.25, 0.3) is 11.5 Å². The zero-order valence-electron chi connectivity index (χ0n) is 15.7. The fourth-order valence-corrected chi connectivity index (χ4v) is 2.78. The van der Waals surface area contributed by atoms with Crippen LogP contribution >= 0.6 is 0 Å². The van der Waals surface area contributed by atoms with Gasteiger partial charge in [0.15, 0.2) is 12.4 Å². The highest BCUT2D eigenvalue weighted by molar-refractivity contribution is 6.04. The number of nitrogens with one attached hydrogen (secondary N) is 2. The smallest absolute Gasteiger partial charge is 0.306 e. The molecule has 1 amide bonds. The molecule has 0 fully saturated rings. The van der Waals surface area contributed by atoms with Crippen LogP contribution in [0.2, 0.25) is 0 Å². The maximum atomic E-state index is 12.0. The van der Waals surface area contributed by atoms with Crippen molar-refractivity contribution in [3.8, 4) is 0 Å². The second-order valence-corrected chi connectivity index (χ2v) is 6.34. The van der Waals surface area contributed by atoms with E-state index < -0.39 is 18.5 Å². The van der Waals surface area contributed by atoms with Gasteiger partial charge in [-0.05, 0) is 31.2 Å². The van der Waals surface area contributed by atoms with Crippen LogP contribution in [0.3, 0.4) is 0 Å². The Morgan fingerprint density at radius 1 is 1.07 bits per heavy atom.